The number of allylic oxidation sites excluding steroid dienone is 2. The van der Waals surface area contributed by atoms with Crippen LogP contribution in [-0.4, -0.2) is 15.0 Å². The summed E-state index contributed by atoms with van der Waals surface area (Å²) >= 11 is 0. The third-order valence-corrected chi connectivity index (χ3v) is 4.26. The number of hydrogen-bond acceptors (Lipinski definition) is 5. The van der Waals surface area contributed by atoms with Gasteiger partial charge in [0.25, 0.3) is 0 Å². The second kappa shape index (κ2) is 5.62. The smallest absolute Gasteiger partial charge is 0.250 e. The summed E-state index contributed by atoms with van der Waals surface area (Å²) in [6.45, 7) is 0. The minimum Gasteiger partial charge on any atom is -0.396 e. The average Bonchev–Trinajstić information content (AvgIpc) is 3.06. The van der Waals surface area contributed by atoms with Crippen LogP contribution in [0.15, 0.2) is 59.0 Å². The molecule has 5 nitrogen and oxygen atoms in total. The van der Waals surface area contributed by atoms with Crippen LogP contribution in [0.25, 0.3) is 45.9 Å². The van der Waals surface area contributed by atoms with E-state index >= 15 is 0 Å². The van der Waals surface area contributed by atoms with E-state index in [0.717, 1.165) is 33.4 Å². The highest BCUT2D eigenvalue weighted by atomic mass is 16.3. The van der Waals surface area contributed by atoms with Crippen LogP contribution in [0.3, 0.4) is 0 Å². The molecule has 5 rings (SSSR count). The highest BCUT2D eigenvalue weighted by molar-refractivity contribution is 5.94. The first-order valence-electron chi connectivity index (χ1n) is 8.18. The predicted octanol–water partition coefficient (Wildman–Crippen LogP) is 4.38. The van der Waals surface area contributed by atoms with Crippen LogP contribution in [0.1, 0.15) is 11.3 Å². The number of fused-ring (bicyclic) bond motifs is 3. The van der Waals surface area contributed by atoms with Gasteiger partial charge in [0.2, 0.25) is 11.7 Å². The van der Waals surface area contributed by atoms with Gasteiger partial charge in [0, 0.05) is 17.2 Å². The monoisotopic (exact) mass is 337 g/mol. The van der Waals surface area contributed by atoms with Crippen molar-refractivity contribution in [1.29, 1.82) is 0 Å². The van der Waals surface area contributed by atoms with Crippen LogP contribution >= 0.6 is 0 Å². The highest BCUT2D eigenvalue weighted by Gasteiger charge is 2.20. The van der Waals surface area contributed by atoms with Crippen molar-refractivity contribution in [2.75, 3.05) is 5.73 Å². The molecule has 0 amide bonds. The molecule has 2 aromatic carbocycles. The molecule has 2 heterocycles. The zero-order chi connectivity index (χ0) is 17.5. The van der Waals surface area contributed by atoms with Gasteiger partial charge in [0.15, 0.2) is 17.2 Å². The van der Waals surface area contributed by atoms with Crippen LogP contribution in [0.4, 0.5) is 5.95 Å². The summed E-state index contributed by atoms with van der Waals surface area (Å²) in [7, 11) is 0. The molecule has 0 aliphatic heterocycles. The molecule has 2 aromatic heterocycles. The third-order valence-electron chi connectivity index (χ3n) is 4.26. The number of nitrogens with two attached hydrogens (primary N) is 1. The third kappa shape index (κ3) is 2.35. The SMILES string of the molecule is Nc1nc(-c2ccccc2)nc(-c2ccc3oc4c(c3c2)C=C[C+]=C4)n1. The molecule has 122 valence electrons. The average molecular weight is 337 g/mol. The fourth-order valence-corrected chi connectivity index (χ4v) is 3.05. The zero-order valence-corrected chi connectivity index (χ0v) is 13.7. The Bertz CT molecular complexity index is 1190. The lowest BCUT2D eigenvalue weighted by Crippen LogP contribution is -2.02. The fraction of sp³-hybridized carbons (Fsp3) is 0. The van der Waals surface area contributed by atoms with Crippen molar-refractivity contribution in [2.24, 2.45) is 0 Å². The lowest BCUT2D eigenvalue weighted by Gasteiger charge is -2.05. The first-order chi connectivity index (χ1) is 12.8. The van der Waals surface area contributed by atoms with Crippen LogP contribution in [0, 0.1) is 6.08 Å². The van der Waals surface area contributed by atoms with E-state index in [-0.39, 0.29) is 5.95 Å². The number of hydrogen-bond donors (Lipinski definition) is 1. The van der Waals surface area contributed by atoms with Gasteiger partial charge >= 0.3 is 0 Å². The molecule has 0 spiro atoms. The largest absolute Gasteiger partial charge is 0.396 e. The molecule has 1 aliphatic carbocycles. The van der Waals surface area contributed by atoms with Crippen molar-refractivity contribution in [3.63, 3.8) is 0 Å². The second-order valence-corrected chi connectivity index (χ2v) is 5.94. The van der Waals surface area contributed by atoms with E-state index in [1.807, 2.05) is 66.8 Å². The van der Waals surface area contributed by atoms with Gasteiger partial charge in [-0.2, -0.15) is 9.97 Å². The summed E-state index contributed by atoms with van der Waals surface area (Å²) in [6.07, 6.45) is 8.73. The lowest BCUT2D eigenvalue weighted by atomic mass is 10.0. The number of benzene rings is 2. The van der Waals surface area contributed by atoms with Crippen molar-refractivity contribution in [3.05, 3.63) is 72.0 Å². The Morgan fingerprint density at radius 3 is 2.54 bits per heavy atom. The summed E-state index contributed by atoms with van der Waals surface area (Å²) < 4.78 is 5.85. The van der Waals surface area contributed by atoms with E-state index < -0.39 is 0 Å². The highest BCUT2D eigenvalue weighted by Crippen LogP contribution is 2.33. The maximum atomic E-state index is 5.93. The topological polar surface area (TPSA) is 77.8 Å². The Kier molecular flexibility index (Phi) is 3.14. The number of nitrogen functional groups attached to an aromatic ring is 1. The number of aromatic nitrogens is 3. The van der Waals surface area contributed by atoms with Crippen molar-refractivity contribution >= 4 is 29.1 Å². The van der Waals surface area contributed by atoms with Crippen LogP contribution in [0.5, 0.6) is 0 Å². The summed E-state index contributed by atoms with van der Waals surface area (Å²) in [5.74, 6) is 2.09. The van der Waals surface area contributed by atoms with Gasteiger partial charge in [-0.3, -0.25) is 0 Å². The van der Waals surface area contributed by atoms with Crippen molar-refractivity contribution in [2.45, 2.75) is 0 Å². The summed E-state index contributed by atoms with van der Waals surface area (Å²) in [4.78, 5) is 13.2. The quantitative estimate of drug-likeness (QED) is 0.549. The van der Waals surface area contributed by atoms with Crippen molar-refractivity contribution < 1.29 is 4.42 Å². The molecule has 1 aliphatic rings. The Morgan fingerprint density at radius 2 is 1.69 bits per heavy atom. The normalized spacial score (nSPS) is 12.2. The van der Waals surface area contributed by atoms with Gasteiger partial charge in [-0.25, -0.2) is 4.98 Å². The van der Waals surface area contributed by atoms with Crippen LogP contribution < -0.4 is 5.73 Å². The molecular weight excluding hydrogens is 324 g/mol. The fourth-order valence-electron chi connectivity index (χ4n) is 3.05. The maximum absolute atomic E-state index is 5.93. The van der Waals surface area contributed by atoms with Crippen molar-refractivity contribution in [1.82, 2.24) is 15.0 Å². The minimum atomic E-state index is 0.195. The maximum Gasteiger partial charge on any atom is 0.250 e. The van der Waals surface area contributed by atoms with E-state index in [1.54, 1.807) is 0 Å². The Labute approximate surface area is 149 Å². The zero-order valence-electron chi connectivity index (χ0n) is 13.7. The second-order valence-electron chi connectivity index (χ2n) is 5.94. The Morgan fingerprint density at radius 1 is 0.885 bits per heavy atom. The number of anilines is 1. The molecule has 0 radical (unpaired) electrons. The number of rotatable bonds is 2. The molecule has 0 atom stereocenters. The van der Waals surface area contributed by atoms with Crippen LogP contribution in [-0.2, 0) is 0 Å². The van der Waals surface area contributed by atoms with E-state index in [4.69, 9.17) is 10.2 Å². The molecule has 0 fully saturated rings. The summed E-state index contributed by atoms with van der Waals surface area (Å²) in [5, 5.41) is 1.01. The molecule has 26 heavy (non-hydrogen) atoms. The summed E-state index contributed by atoms with van der Waals surface area (Å²) in [6, 6.07) is 15.6. The van der Waals surface area contributed by atoms with Crippen molar-refractivity contribution in [3.8, 4) is 22.8 Å². The van der Waals surface area contributed by atoms with E-state index in [9.17, 15) is 0 Å². The molecule has 5 heteroatoms. The van der Waals surface area contributed by atoms with Crippen LogP contribution in [0.2, 0.25) is 0 Å². The molecule has 0 saturated carbocycles. The predicted molar refractivity (Wildman–Crippen MR) is 102 cm³/mol. The van der Waals surface area contributed by atoms with Gasteiger partial charge in [0.05, 0.1) is 11.5 Å². The Balaban J connectivity index is 1.67. The first kappa shape index (κ1) is 14.5. The molecule has 4 aromatic rings. The number of nitrogens with zero attached hydrogens (tertiary/aromatic N) is 3. The number of furan rings is 1. The molecular formula is C21H13N4O+. The summed E-state index contributed by atoms with van der Waals surface area (Å²) in [5.41, 5.74) is 9.54. The first-order valence-corrected chi connectivity index (χ1v) is 8.18. The lowest BCUT2D eigenvalue weighted by molar-refractivity contribution is 0.603. The van der Waals surface area contributed by atoms with E-state index in [1.165, 1.54) is 0 Å². The molecule has 0 saturated heterocycles. The van der Waals surface area contributed by atoms with E-state index in [2.05, 4.69) is 21.0 Å². The molecule has 0 unspecified atom stereocenters. The van der Waals surface area contributed by atoms with Gasteiger partial charge in [-0.05, 0) is 18.2 Å². The van der Waals surface area contributed by atoms with Gasteiger partial charge in [-0.1, -0.05) is 30.3 Å². The standard InChI is InChI=1S/C21H13N4O/c22-21-24-19(13-6-2-1-3-7-13)23-20(25-21)14-10-11-18-16(12-14)15-8-4-5-9-17(15)26-18/h1-4,6-12H,(H2,22,23,24,25)/q+1. The minimum absolute atomic E-state index is 0.195. The van der Waals surface area contributed by atoms with Gasteiger partial charge < -0.3 is 10.2 Å². The van der Waals surface area contributed by atoms with Gasteiger partial charge in [-0.15, -0.1) is 0 Å². The van der Waals surface area contributed by atoms with Gasteiger partial charge in [0.1, 0.15) is 17.7 Å². The molecule has 0 bridgehead atoms. The molecule has 2 N–H and O–H groups in total. The Hall–Kier alpha value is -3.82. The van der Waals surface area contributed by atoms with E-state index in [0.29, 0.717) is 11.6 Å².